The molecule has 0 aliphatic heterocycles. The van der Waals surface area contributed by atoms with Gasteiger partial charge in [0.1, 0.15) is 0 Å². The van der Waals surface area contributed by atoms with Crippen molar-refractivity contribution in [1.82, 2.24) is 19.5 Å². The van der Waals surface area contributed by atoms with Crippen LogP contribution in [0.15, 0.2) is 176 Å². The molecule has 0 amide bonds. The fourth-order valence-corrected chi connectivity index (χ4v) is 8.14. The van der Waals surface area contributed by atoms with Gasteiger partial charge in [0, 0.05) is 38.7 Å². The summed E-state index contributed by atoms with van der Waals surface area (Å²) >= 11 is 0. The monoisotopic (exact) mass is 681 g/mol. The molecule has 0 atom stereocenters. The normalized spacial score (nSPS) is 12.9. The average Bonchev–Trinajstić information content (AvgIpc) is 3.68. The van der Waals surface area contributed by atoms with E-state index in [1.807, 2.05) is 60.7 Å². The number of hydrogen-bond acceptors (Lipinski definition) is 4. The Morgan fingerprint density at radius 2 is 1.06 bits per heavy atom. The number of para-hydroxylation sites is 2. The zero-order valence-electron chi connectivity index (χ0n) is 29.5. The lowest BCUT2D eigenvalue weighted by Crippen LogP contribution is -2.16. The summed E-state index contributed by atoms with van der Waals surface area (Å²) in [6.07, 6.45) is 0. The first-order valence-corrected chi connectivity index (χ1v) is 18.1. The third-order valence-electron chi connectivity index (χ3n) is 10.6. The molecule has 9 aromatic rings. The van der Waals surface area contributed by atoms with Gasteiger partial charge in [0.25, 0.3) is 0 Å². The lowest BCUT2D eigenvalue weighted by molar-refractivity contribution is 0.660. The molecule has 0 N–H and O–H groups in total. The third kappa shape index (κ3) is 4.96. The van der Waals surface area contributed by atoms with Crippen LogP contribution in [0, 0.1) is 0 Å². The first kappa shape index (κ1) is 30.9. The SMILES string of the molecule is CC1(C)c2ccccc2-c2ccc(N(c3ccccc3)c3cccc4c3c3ccccc3n4-c3nc(-c4ccccc4)nc(-c4ccccc4)n3)cc21. The molecule has 0 spiro atoms. The number of nitrogens with zero attached hydrogens (tertiary/aromatic N) is 5. The highest BCUT2D eigenvalue weighted by Gasteiger charge is 2.36. The summed E-state index contributed by atoms with van der Waals surface area (Å²) in [4.78, 5) is 17.7. The number of fused-ring (bicyclic) bond motifs is 6. The van der Waals surface area contributed by atoms with Crippen molar-refractivity contribution >= 4 is 38.9 Å². The van der Waals surface area contributed by atoms with Gasteiger partial charge in [0.15, 0.2) is 11.6 Å². The highest BCUT2D eigenvalue weighted by molar-refractivity contribution is 6.16. The van der Waals surface area contributed by atoms with E-state index in [0.717, 1.165) is 50.0 Å². The Morgan fingerprint density at radius 1 is 0.472 bits per heavy atom. The topological polar surface area (TPSA) is 46.8 Å². The van der Waals surface area contributed by atoms with Gasteiger partial charge in [-0.1, -0.05) is 147 Å². The van der Waals surface area contributed by atoms with E-state index in [1.54, 1.807) is 0 Å². The zero-order valence-corrected chi connectivity index (χ0v) is 29.5. The number of rotatable bonds is 6. The average molecular weight is 682 g/mol. The molecule has 1 aliphatic carbocycles. The van der Waals surface area contributed by atoms with Gasteiger partial charge >= 0.3 is 0 Å². The van der Waals surface area contributed by atoms with Crippen LogP contribution in [0.25, 0.3) is 61.7 Å². The Kier molecular flexibility index (Phi) is 7.08. The van der Waals surface area contributed by atoms with Crippen molar-refractivity contribution in [3.63, 3.8) is 0 Å². The highest BCUT2D eigenvalue weighted by atomic mass is 15.2. The molecule has 0 radical (unpaired) electrons. The molecule has 5 heteroatoms. The number of anilines is 3. The summed E-state index contributed by atoms with van der Waals surface area (Å²) in [6.45, 7) is 4.68. The minimum atomic E-state index is -0.127. The van der Waals surface area contributed by atoms with Crippen LogP contribution in [0.3, 0.4) is 0 Å². The van der Waals surface area contributed by atoms with E-state index < -0.39 is 0 Å². The zero-order chi connectivity index (χ0) is 35.5. The van der Waals surface area contributed by atoms with Gasteiger partial charge in [-0.15, -0.1) is 0 Å². The summed E-state index contributed by atoms with van der Waals surface area (Å²) in [5.41, 5.74) is 12.4. The van der Waals surface area contributed by atoms with Crippen LogP contribution in [0.1, 0.15) is 25.0 Å². The standard InChI is InChI=1S/C48H35N5/c1-48(2)39-25-14-12-23-36(39)37-30-29-35(31-40(37)48)52(34-21-10-5-11-22-34)42-27-16-28-43-44(42)38-24-13-15-26-41(38)53(43)47-50-45(32-17-6-3-7-18-32)49-46(51-47)33-19-8-4-9-20-33/h3-31H,1-2H3. The van der Waals surface area contributed by atoms with Crippen molar-refractivity contribution in [3.8, 4) is 39.9 Å². The molecule has 2 aromatic heterocycles. The number of aromatic nitrogens is 4. The van der Waals surface area contributed by atoms with Gasteiger partial charge in [0.2, 0.25) is 5.95 Å². The van der Waals surface area contributed by atoms with Crippen molar-refractivity contribution in [2.24, 2.45) is 0 Å². The molecule has 1 aliphatic rings. The van der Waals surface area contributed by atoms with Crippen molar-refractivity contribution < 1.29 is 0 Å². The molecule has 252 valence electrons. The van der Waals surface area contributed by atoms with Crippen LogP contribution >= 0.6 is 0 Å². The summed E-state index contributed by atoms with van der Waals surface area (Å²) in [5, 5.41) is 2.24. The maximum Gasteiger partial charge on any atom is 0.238 e. The van der Waals surface area contributed by atoms with Crippen molar-refractivity contribution in [2.75, 3.05) is 4.90 Å². The molecule has 5 nitrogen and oxygen atoms in total. The minimum absolute atomic E-state index is 0.127. The molecule has 7 aromatic carbocycles. The molecule has 0 saturated heterocycles. The summed E-state index contributed by atoms with van der Waals surface area (Å²) in [5.74, 6) is 1.83. The largest absolute Gasteiger partial charge is 0.310 e. The Balaban J connectivity index is 1.23. The second-order valence-electron chi connectivity index (χ2n) is 14.1. The third-order valence-corrected chi connectivity index (χ3v) is 10.6. The molecule has 2 heterocycles. The quantitative estimate of drug-likeness (QED) is 0.175. The maximum atomic E-state index is 5.16. The minimum Gasteiger partial charge on any atom is -0.310 e. The van der Waals surface area contributed by atoms with Gasteiger partial charge in [-0.2, -0.15) is 9.97 Å². The van der Waals surface area contributed by atoms with Crippen LogP contribution in [0.2, 0.25) is 0 Å². The Morgan fingerprint density at radius 3 is 1.77 bits per heavy atom. The highest BCUT2D eigenvalue weighted by Crippen LogP contribution is 2.51. The van der Waals surface area contributed by atoms with Gasteiger partial charge in [0.05, 0.1) is 16.7 Å². The molecule has 0 fully saturated rings. The van der Waals surface area contributed by atoms with Crippen LogP contribution in [0.5, 0.6) is 0 Å². The molecule has 10 rings (SSSR count). The predicted octanol–water partition coefficient (Wildman–Crippen LogP) is 12.1. The lowest BCUT2D eigenvalue weighted by Gasteiger charge is -2.28. The van der Waals surface area contributed by atoms with Crippen molar-refractivity contribution in [1.29, 1.82) is 0 Å². The van der Waals surface area contributed by atoms with Crippen molar-refractivity contribution in [3.05, 3.63) is 187 Å². The van der Waals surface area contributed by atoms with E-state index in [9.17, 15) is 0 Å². The van der Waals surface area contributed by atoms with Gasteiger partial charge in [-0.3, -0.25) is 4.57 Å². The fourth-order valence-electron chi connectivity index (χ4n) is 8.14. The number of benzene rings is 7. The smallest absolute Gasteiger partial charge is 0.238 e. The van der Waals surface area contributed by atoms with Crippen LogP contribution < -0.4 is 4.90 Å². The maximum absolute atomic E-state index is 5.16. The molecule has 0 unspecified atom stereocenters. The van der Waals surface area contributed by atoms with E-state index in [1.165, 1.54) is 22.3 Å². The van der Waals surface area contributed by atoms with Gasteiger partial charge in [-0.25, -0.2) is 4.98 Å². The Hall–Kier alpha value is -6.85. The van der Waals surface area contributed by atoms with Crippen molar-refractivity contribution in [2.45, 2.75) is 19.3 Å². The van der Waals surface area contributed by atoms with Crippen LogP contribution in [0.4, 0.5) is 17.1 Å². The predicted molar refractivity (Wildman–Crippen MR) is 217 cm³/mol. The summed E-state index contributed by atoms with van der Waals surface area (Å²) in [7, 11) is 0. The second-order valence-corrected chi connectivity index (χ2v) is 14.1. The molecule has 53 heavy (non-hydrogen) atoms. The Bertz CT molecular complexity index is 2750. The van der Waals surface area contributed by atoms with Gasteiger partial charge < -0.3 is 4.90 Å². The fraction of sp³-hybridized carbons (Fsp3) is 0.0625. The van der Waals surface area contributed by atoms with E-state index >= 15 is 0 Å². The van der Waals surface area contributed by atoms with E-state index in [4.69, 9.17) is 15.0 Å². The van der Waals surface area contributed by atoms with Crippen LogP contribution in [-0.4, -0.2) is 19.5 Å². The van der Waals surface area contributed by atoms with E-state index in [0.29, 0.717) is 17.6 Å². The van der Waals surface area contributed by atoms with E-state index in [2.05, 4.69) is 139 Å². The first-order valence-electron chi connectivity index (χ1n) is 18.1. The second kappa shape index (κ2) is 12.1. The van der Waals surface area contributed by atoms with Gasteiger partial charge in [-0.05, 0) is 64.7 Å². The molecule has 0 bridgehead atoms. The molecular weight excluding hydrogens is 647 g/mol. The molecule has 0 saturated carbocycles. The number of hydrogen-bond donors (Lipinski definition) is 0. The summed E-state index contributed by atoms with van der Waals surface area (Å²) < 4.78 is 2.19. The lowest BCUT2D eigenvalue weighted by atomic mass is 9.82. The first-order chi connectivity index (χ1) is 26.1. The van der Waals surface area contributed by atoms with Crippen LogP contribution in [-0.2, 0) is 5.41 Å². The summed E-state index contributed by atoms with van der Waals surface area (Å²) in [6, 6.07) is 61.9. The Labute approximate surface area is 308 Å². The molecular formula is C48H35N5. The van der Waals surface area contributed by atoms with E-state index in [-0.39, 0.29) is 5.41 Å².